The molecule has 0 bridgehead atoms. The molecule has 0 aliphatic rings. The van der Waals surface area contributed by atoms with Crippen molar-refractivity contribution >= 4 is 10.0 Å². The van der Waals surface area contributed by atoms with Gasteiger partial charge in [-0.2, -0.15) is 0 Å². The summed E-state index contributed by atoms with van der Waals surface area (Å²) in [6, 6.07) is 14.6. The zero-order valence-electron chi connectivity index (χ0n) is 10.9. The number of sulfonamides is 1. The van der Waals surface area contributed by atoms with Crippen LogP contribution < -0.4 is 4.72 Å². The maximum Gasteiger partial charge on any atom is 0.240 e. The average molecular weight is 293 g/mol. The van der Waals surface area contributed by atoms with Crippen LogP contribution in [0, 0.1) is 5.82 Å². The molecule has 0 radical (unpaired) electrons. The molecule has 106 valence electrons. The number of halogens is 1. The molecule has 0 heterocycles. The minimum absolute atomic E-state index is 0.255. The van der Waals surface area contributed by atoms with Crippen molar-refractivity contribution in [3.8, 4) is 0 Å². The normalized spacial score (nSPS) is 11.4. The van der Waals surface area contributed by atoms with Crippen LogP contribution in [0.15, 0.2) is 59.5 Å². The van der Waals surface area contributed by atoms with Crippen LogP contribution in [0.2, 0.25) is 0 Å². The third-order valence-electron chi connectivity index (χ3n) is 2.88. The molecule has 1 N–H and O–H groups in total. The Kier molecular flexibility index (Phi) is 4.87. The topological polar surface area (TPSA) is 46.2 Å². The van der Waals surface area contributed by atoms with Crippen molar-refractivity contribution < 1.29 is 12.8 Å². The molecule has 2 rings (SSSR count). The Balaban J connectivity index is 1.84. The first kappa shape index (κ1) is 14.7. The van der Waals surface area contributed by atoms with E-state index in [1.165, 1.54) is 12.1 Å². The highest BCUT2D eigenvalue weighted by atomic mass is 32.2. The smallest absolute Gasteiger partial charge is 0.211 e. The summed E-state index contributed by atoms with van der Waals surface area (Å²) >= 11 is 0. The number of rotatable bonds is 6. The third kappa shape index (κ3) is 4.15. The summed E-state index contributed by atoms with van der Waals surface area (Å²) in [5, 5.41) is 0. The van der Waals surface area contributed by atoms with E-state index in [0.717, 1.165) is 5.56 Å². The van der Waals surface area contributed by atoms with Crippen molar-refractivity contribution in [1.82, 2.24) is 4.72 Å². The van der Waals surface area contributed by atoms with Crippen LogP contribution in [-0.2, 0) is 16.4 Å². The Hall–Kier alpha value is -1.72. The van der Waals surface area contributed by atoms with Gasteiger partial charge in [0.05, 0.1) is 4.90 Å². The van der Waals surface area contributed by atoms with Crippen molar-refractivity contribution in [2.75, 3.05) is 6.54 Å². The van der Waals surface area contributed by atoms with Gasteiger partial charge in [-0.1, -0.05) is 30.3 Å². The van der Waals surface area contributed by atoms with Crippen LogP contribution in [0.25, 0.3) is 0 Å². The lowest BCUT2D eigenvalue weighted by Crippen LogP contribution is -2.25. The second kappa shape index (κ2) is 6.63. The van der Waals surface area contributed by atoms with Gasteiger partial charge in [-0.15, -0.1) is 0 Å². The molecule has 2 aromatic carbocycles. The van der Waals surface area contributed by atoms with Gasteiger partial charge in [0.2, 0.25) is 10.0 Å². The predicted octanol–water partition coefficient (Wildman–Crippen LogP) is 2.74. The number of hydrogen-bond acceptors (Lipinski definition) is 2. The molecule has 2 aromatic rings. The summed E-state index contributed by atoms with van der Waals surface area (Å²) in [6.07, 6.45) is 1.25. The first-order valence-electron chi connectivity index (χ1n) is 6.37. The van der Waals surface area contributed by atoms with Crippen molar-refractivity contribution in [3.05, 3.63) is 66.0 Å². The van der Waals surface area contributed by atoms with E-state index < -0.39 is 10.0 Å². The fraction of sp³-hybridized carbons (Fsp3) is 0.200. The van der Waals surface area contributed by atoms with E-state index in [-0.39, 0.29) is 10.7 Å². The molecule has 20 heavy (non-hydrogen) atoms. The Bertz CT molecular complexity index is 657. The van der Waals surface area contributed by atoms with Gasteiger partial charge >= 0.3 is 0 Å². The summed E-state index contributed by atoms with van der Waals surface area (Å²) in [6.45, 7) is 0.327. The molecule has 0 fully saturated rings. The third-order valence-corrected chi connectivity index (χ3v) is 4.35. The van der Waals surface area contributed by atoms with E-state index in [9.17, 15) is 12.8 Å². The van der Waals surface area contributed by atoms with Gasteiger partial charge in [-0.05, 0) is 42.7 Å². The van der Waals surface area contributed by atoms with Gasteiger partial charge in [-0.3, -0.25) is 0 Å². The SMILES string of the molecule is O=S(=O)(NCCCc1cccc(F)c1)c1ccccc1. The van der Waals surface area contributed by atoms with Gasteiger partial charge < -0.3 is 0 Å². The highest BCUT2D eigenvalue weighted by molar-refractivity contribution is 7.89. The van der Waals surface area contributed by atoms with Crippen LogP contribution >= 0.6 is 0 Å². The Morgan fingerprint density at radius 1 is 1.00 bits per heavy atom. The summed E-state index contributed by atoms with van der Waals surface area (Å²) < 4.78 is 39.4. The maximum absolute atomic E-state index is 13.0. The minimum atomic E-state index is -3.45. The zero-order valence-corrected chi connectivity index (χ0v) is 11.7. The Morgan fingerprint density at radius 3 is 2.45 bits per heavy atom. The fourth-order valence-electron chi connectivity index (χ4n) is 1.87. The van der Waals surface area contributed by atoms with Crippen LogP contribution in [-0.4, -0.2) is 15.0 Å². The van der Waals surface area contributed by atoms with Gasteiger partial charge in [0.1, 0.15) is 5.82 Å². The molecular formula is C15H16FNO2S. The highest BCUT2D eigenvalue weighted by Crippen LogP contribution is 2.08. The second-order valence-electron chi connectivity index (χ2n) is 4.44. The quantitative estimate of drug-likeness (QED) is 0.832. The average Bonchev–Trinajstić information content (AvgIpc) is 2.45. The summed E-state index contributed by atoms with van der Waals surface area (Å²) in [5.41, 5.74) is 0.865. The van der Waals surface area contributed by atoms with E-state index in [4.69, 9.17) is 0 Å². The first-order valence-corrected chi connectivity index (χ1v) is 7.85. The van der Waals surface area contributed by atoms with Crippen LogP contribution in [0.1, 0.15) is 12.0 Å². The van der Waals surface area contributed by atoms with Crippen LogP contribution in [0.5, 0.6) is 0 Å². The minimum Gasteiger partial charge on any atom is -0.211 e. The van der Waals surface area contributed by atoms with Crippen molar-refractivity contribution in [1.29, 1.82) is 0 Å². The highest BCUT2D eigenvalue weighted by Gasteiger charge is 2.11. The lowest BCUT2D eigenvalue weighted by molar-refractivity contribution is 0.578. The second-order valence-corrected chi connectivity index (χ2v) is 6.21. The number of aryl methyl sites for hydroxylation is 1. The molecule has 3 nitrogen and oxygen atoms in total. The van der Waals surface area contributed by atoms with E-state index in [1.54, 1.807) is 36.4 Å². The molecule has 0 aliphatic heterocycles. The Morgan fingerprint density at radius 2 is 1.75 bits per heavy atom. The standard InChI is InChI=1S/C15H16FNO2S/c16-14-8-4-6-13(12-14)7-5-11-17-20(18,19)15-9-2-1-3-10-15/h1-4,6,8-10,12,17H,5,7,11H2. The van der Waals surface area contributed by atoms with Gasteiger partial charge in [-0.25, -0.2) is 17.5 Å². The molecule has 0 saturated heterocycles. The van der Waals surface area contributed by atoms with Crippen LogP contribution in [0.3, 0.4) is 0 Å². The van der Waals surface area contributed by atoms with Crippen LogP contribution in [0.4, 0.5) is 4.39 Å². The lowest BCUT2D eigenvalue weighted by atomic mass is 10.1. The maximum atomic E-state index is 13.0. The molecule has 0 saturated carbocycles. The molecule has 5 heteroatoms. The summed E-state index contributed by atoms with van der Waals surface area (Å²) in [5.74, 6) is -0.271. The van der Waals surface area contributed by atoms with Crippen molar-refractivity contribution in [2.45, 2.75) is 17.7 Å². The summed E-state index contributed by atoms with van der Waals surface area (Å²) in [4.78, 5) is 0.255. The van der Waals surface area contributed by atoms with Gasteiger partial charge in [0.15, 0.2) is 0 Å². The predicted molar refractivity (Wildman–Crippen MR) is 76.4 cm³/mol. The molecule has 0 unspecified atom stereocenters. The number of hydrogen-bond donors (Lipinski definition) is 1. The first-order chi connectivity index (χ1) is 9.58. The lowest BCUT2D eigenvalue weighted by Gasteiger charge is -2.06. The monoisotopic (exact) mass is 293 g/mol. The van der Waals surface area contributed by atoms with Gasteiger partial charge in [0, 0.05) is 6.54 Å². The molecule has 0 aliphatic carbocycles. The molecule has 0 aromatic heterocycles. The van der Waals surface area contributed by atoms with Gasteiger partial charge in [0.25, 0.3) is 0 Å². The molecule has 0 spiro atoms. The number of benzene rings is 2. The van der Waals surface area contributed by atoms with E-state index in [0.29, 0.717) is 19.4 Å². The molecule has 0 amide bonds. The summed E-state index contributed by atoms with van der Waals surface area (Å²) in [7, 11) is -3.45. The number of nitrogens with one attached hydrogen (secondary N) is 1. The van der Waals surface area contributed by atoms with E-state index in [1.807, 2.05) is 6.07 Å². The van der Waals surface area contributed by atoms with E-state index in [2.05, 4.69) is 4.72 Å². The fourth-order valence-corrected chi connectivity index (χ4v) is 2.97. The van der Waals surface area contributed by atoms with Crippen molar-refractivity contribution in [2.24, 2.45) is 0 Å². The van der Waals surface area contributed by atoms with Crippen molar-refractivity contribution in [3.63, 3.8) is 0 Å². The zero-order chi connectivity index (χ0) is 14.4. The largest absolute Gasteiger partial charge is 0.240 e. The molecule has 0 atom stereocenters. The Labute approximate surface area is 118 Å². The van der Waals surface area contributed by atoms with E-state index >= 15 is 0 Å². The molecular weight excluding hydrogens is 277 g/mol.